The van der Waals surface area contributed by atoms with Crippen LogP contribution >= 0.6 is 11.6 Å². The summed E-state index contributed by atoms with van der Waals surface area (Å²) < 4.78 is 31.7. The fourth-order valence-electron chi connectivity index (χ4n) is 2.73. The Bertz CT molecular complexity index is 978. The maximum atomic E-state index is 12.6. The van der Waals surface area contributed by atoms with Gasteiger partial charge in [0, 0.05) is 30.4 Å². The van der Waals surface area contributed by atoms with Crippen molar-refractivity contribution in [2.45, 2.75) is 31.6 Å². The van der Waals surface area contributed by atoms with Gasteiger partial charge in [-0.05, 0) is 49.2 Å². The summed E-state index contributed by atoms with van der Waals surface area (Å²) in [6.07, 6.45) is 1.73. The molecule has 30 heavy (non-hydrogen) atoms. The predicted molar refractivity (Wildman–Crippen MR) is 121 cm³/mol. The van der Waals surface area contributed by atoms with Gasteiger partial charge in [-0.3, -0.25) is 4.79 Å². The molecule has 2 aromatic carbocycles. The van der Waals surface area contributed by atoms with E-state index in [1.165, 1.54) is 23.5 Å². The number of carbonyl (C=O) groups excluding carboxylic acids is 1. The predicted octanol–water partition coefficient (Wildman–Crippen LogP) is 4.13. The van der Waals surface area contributed by atoms with Crippen LogP contribution in [0.5, 0.6) is 5.75 Å². The Morgan fingerprint density at radius 2 is 1.87 bits per heavy atom. The van der Waals surface area contributed by atoms with Gasteiger partial charge in [0.25, 0.3) is 0 Å². The van der Waals surface area contributed by atoms with Crippen molar-refractivity contribution >= 4 is 38.9 Å². The Labute approximate surface area is 183 Å². The second kappa shape index (κ2) is 10.7. The Hall–Kier alpha value is -2.29. The monoisotopic (exact) mass is 453 g/mol. The molecule has 0 aromatic heterocycles. The molecule has 0 aliphatic carbocycles. The number of sulfonamides is 1. The molecule has 0 unspecified atom stereocenters. The highest BCUT2D eigenvalue weighted by molar-refractivity contribution is 7.89. The number of rotatable bonds is 10. The zero-order chi connectivity index (χ0) is 22.3. The lowest BCUT2D eigenvalue weighted by Gasteiger charge is -2.17. The van der Waals surface area contributed by atoms with Crippen LogP contribution in [0.3, 0.4) is 0 Å². The summed E-state index contributed by atoms with van der Waals surface area (Å²) in [6.45, 7) is 4.34. The van der Waals surface area contributed by atoms with Crippen LogP contribution in [0.1, 0.15) is 25.3 Å². The Kier molecular flexibility index (Phi) is 8.52. The quantitative estimate of drug-likeness (QED) is 0.564. The van der Waals surface area contributed by atoms with E-state index in [4.69, 9.17) is 16.3 Å². The molecule has 1 amide bonds. The van der Waals surface area contributed by atoms with Crippen LogP contribution in [0, 0.1) is 6.92 Å². The van der Waals surface area contributed by atoms with Gasteiger partial charge in [0.05, 0.1) is 24.2 Å². The highest BCUT2D eigenvalue weighted by Crippen LogP contribution is 2.30. The number of methoxy groups -OCH3 is 1. The zero-order valence-corrected chi connectivity index (χ0v) is 19.2. The van der Waals surface area contributed by atoms with E-state index in [9.17, 15) is 13.2 Å². The van der Waals surface area contributed by atoms with Crippen molar-refractivity contribution < 1.29 is 17.9 Å². The van der Waals surface area contributed by atoms with Gasteiger partial charge >= 0.3 is 0 Å². The molecule has 0 saturated carbocycles. The molecule has 9 heteroatoms. The minimum absolute atomic E-state index is 0.00727. The minimum atomic E-state index is -3.51. The van der Waals surface area contributed by atoms with Gasteiger partial charge in [0.1, 0.15) is 5.75 Å². The number of ether oxygens (including phenoxy) is 1. The number of nitrogens with zero attached hydrogens (tertiary/aromatic N) is 1. The average Bonchev–Trinajstić information content (AvgIpc) is 2.73. The minimum Gasteiger partial charge on any atom is -0.495 e. The number of nitrogens with one attached hydrogen (secondary N) is 2. The Morgan fingerprint density at radius 1 is 1.20 bits per heavy atom. The van der Waals surface area contributed by atoms with Gasteiger partial charge in [-0.1, -0.05) is 24.9 Å². The third kappa shape index (κ3) is 6.10. The van der Waals surface area contributed by atoms with Crippen LogP contribution in [0.2, 0.25) is 5.02 Å². The van der Waals surface area contributed by atoms with Gasteiger partial charge < -0.3 is 15.4 Å². The molecular formula is C21H28ClN3O4S. The molecule has 0 spiro atoms. The molecule has 0 aliphatic rings. The number of amides is 1. The molecule has 0 aliphatic heterocycles. The Morgan fingerprint density at radius 3 is 2.47 bits per heavy atom. The number of unbranched alkanes of at least 4 members (excludes halogenated alkanes) is 1. The van der Waals surface area contributed by atoms with Crippen molar-refractivity contribution in [1.29, 1.82) is 0 Å². The first-order valence-electron chi connectivity index (χ1n) is 9.63. The number of hydrogen-bond donors (Lipinski definition) is 2. The highest BCUT2D eigenvalue weighted by Gasteiger charge is 2.20. The fraction of sp³-hybridized carbons (Fsp3) is 0.381. The summed E-state index contributed by atoms with van der Waals surface area (Å²) in [5.74, 6) is 0.201. The number of hydrogen-bond acceptors (Lipinski definition) is 5. The van der Waals surface area contributed by atoms with Gasteiger partial charge in [-0.15, -0.1) is 0 Å². The van der Waals surface area contributed by atoms with Gasteiger partial charge in [-0.25, -0.2) is 12.7 Å². The molecule has 0 fully saturated rings. The van der Waals surface area contributed by atoms with Crippen molar-refractivity contribution in [3.05, 3.63) is 47.0 Å². The smallest absolute Gasteiger partial charge is 0.243 e. The third-order valence-corrected chi connectivity index (χ3v) is 6.88. The summed E-state index contributed by atoms with van der Waals surface area (Å²) in [6, 6.07) is 9.74. The molecule has 0 saturated heterocycles. The van der Waals surface area contributed by atoms with Crippen LogP contribution in [0.4, 0.5) is 11.4 Å². The standard InChI is InChI=1S/C21H28ClN3O4S/c1-5-6-11-25(3)30(27,28)17-9-7-16(8-10-17)23-14-21(26)24-19-12-15(2)18(22)13-20(19)29-4/h7-10,12-13,23H,5-6,11,14H2,1-4H3,(H,24,26). The molecule has 2 rings (SSSR count). The van der Waals surface area contributed by atoms with Crippen molar-refractivity contribution in [2.75, 3.05) is 37.9 Å². The lowest BCUT2D eigenvalue weighted by atomic mass is 10.2. The van der Waals surface area contributed by atoms with Crippen LogP contribution in [-0.4, -0.2) is 45.9 Å². The van der Waals surface area contributed by atoms with Crippen molar-refractivity contribution in [3.63, 3.8) is 0 Å². The van der Waals surface area contributed by atoms with Crippen molar-refractivity contribution in [3.8, 4) is 5.75 Å². The molecule has 2 aromatic rings. The molecule has 0 heterocycles. The lowest BCUT2D eigenvalue weighted by Crippen LogP contribution is -2.28. The maximum absolute atomic E-state index is 12.6. The van der Waals surface area contributed by atoms with Crippen molar-refractivity contribution in [1.82, 2.24) is 4.31 Å². The summed E-state index contributed by atoms with van der Waals surface area (Å²) in [4.78, 5) is 12.5. The number of aryl methyl sites for hydroxylation is 1. The highest BCUT2D eigenvalue weighted by atomic mass is 35.5. The van der Waals surface area contributed by atoms with Crippen LogP contribution in [0.25, 0.3) is 0 Å². The summed E-state index contributed by atoms with van der Waals surface area (Å²) in [7, 11) is -0.432. The first kappa shape index (κ1) is 24.0. The molecule has 0 bridgehead atoms. The van der Waals surface area contributed by atoms with Gasteiger partial charge in [0.2, 0.25) is 15.9 Å². The van der Waals surface area contributed by atoms with Gasteiger partial charge in [-0.2, -0.15) is 0 Å². The maximum Gasteiger partial charge on any atom is 0.243 e. The summed E-state index contributed by atoms with van der Waals surface area (Å²) in [5.41, 5.74) is 1.99. The second-order valence-electron chi connectivity index (χ2n) is 6.91. The normalized spacial score (nSPS) is 11.4. The van der Waals surface area contributed by atoms with E-state index in [0.29, 0.717) is 28.7 Å². The number of carbonyl (C=O) groups is 1. The van der Waals surface area contributed by atoms with E-state index in [0.717, 1.165) is 18.4 Å². The van der Waals surface area contributed by atoms with E-state index in [1.54, 1.807) is 31.3 Å². The molecule has 2 N–H and O–H groups in total. The first-order valence-corrected chi connectivity index (χ1v) is 11.4. The largest absolute Gasteiger partial charge is 0.495 e. The van der Waals surface area contributed by atoms with E-state index < -0.39 is 10.0 Å². The van der Waals surface area contributed by atoms with Crippen LogP contribution < -0.4 is 15.4 Å². The van der Waals surface area contributed by atoms with E-state index >= 15 is 0 Å². The average molecular weight is 454 g/mol. The lowest BCUT2D eigenvalue weighted by molar-refractivity contribution is -0.114. The van der Waals surface area contributed by atoms with E-state index in [1.807, 2.05) is 13.8 Å². The molecule has 0 atom stereocenters. The van der Waals surface area contributed by atoms with E-state index in [-0.39, 0.29) is 17.3 Å². The molecule has 7 nitrogen and oxygen atoms in total. The zero-order valence-electron chi connectivity index (χ0n) is 17.7. The number of benzene rings is 2. The second-order valence-corrected chi connectivity index (χ2v) is 9.36. The summed E-state index contributed by atoms with van der Waals surface area (Å²) >= 11 is 6.08. The van der Waals surface area contributed by atoms with Crippen molar-refractivity contribution in [2.24, 2.45) is 0 Å². The van der Waals surface area contributed by atoms with Crippen LogP contribution in [-0.2, 0) is 14.8 Å². The first-order chi connectivity index (χ1) is 14.2. The SMILES string of the molecule is CCCCN(C)S(=O)(=O)c1ccc(NCC(=O)Nc2cc(C)c(Cl)cc2OC)cc1. The summed E-state index contributed by atoms with van der Waals surface area (Å²) in [5, 5.41) is 6.32. The van der Waals surface area contributed by atoms with E-state index in [2.05, 4.69) is 10.6 Å². The fourth-order valence-corrected chi connectivity index (χ4v) is 4.10. The van der Waals surface area contributed by atoms with Gasteiger partial charge in [0.15, 0.2) is 0 Å². The molecular weight excluding hydrogens is 426 g/mol. The number of anilines is 2. The topological polar surface area (TPSA) is 87.7 Å². The molecule has 164 valence electrons. The van der Waals surface area contributed by atoms with Crippen LogP contribution in [0.15, 0.2) is 41.3 Å². The third-order valence-electron chi connectivity index (χ3n) is 4.60. The molecule has 0 radical (unpaired) electrons. The Balaban J connectivity index is 1.99. The number of halogens is 1.